The Kier molecular flexibility index (Phi) is 8.62. The fourth-order valence-electron chi connectivity index (χ4n) is 4.28. The lowest BCUT2D eigenvalue weighted by atomic mass is 9.75. The molecule has 1 heterocycles. The Morgan fingerprint density at radius 2 is 1.81 bits per heavy atom. The van der Waals surface area contributed by atoms with Gasteiger partial charge in [-0.15, -0.1) is 0 Å². The van der Waals surface area contributed by atoms with Crippen LogP contribution in [0.25, 0.3) is 0 Å². The molecule has 1 aromatic rings. The van der Waals surface area contributed by atoms with Crippen molar-refractivity contribution in [3.8, 4) is 0 Å². The number of hydrogen-bond acceptors (Lipinski definition) is 3. The molecular weight excluding hydrogens is 332 g/mol. The van der Waals surface area contributed by atoms with E-state index in [1.54, 1.807) is 0 Å². The van der Waals surface area contributed by atoms with Gasteiger partial charge in [-0.25, -0.2) is 0 Å². The molecule has 2 rings (SSSR count). The van der Waals surface area contributed by atoms with Crippen molar-refractivity contribution in [3.63, 3.8) is 0 Å². The van der Waals surface area contributed by atoms with Crippen molar-refractivity contribution in [1.82, 2.24) is 5.32 Å². The number of rotatable bonds is 10. The van der Waals surface area contributed by atoms with E-state index in [1.165, 1.54) is 43.4 Å². The van der Waals surface area contributed by atoms with Gasteiger partial charge in [-0.3, -0.25) is 0 Å². The summed E-state index contributed by atoms with van der Waals surface area (Å²) < 4.78 is 5.96. The summed E-state index contributed by atoms with van der Waals surface area (Å²) in [6.45, 7) is 12.2. The molecule has 27 heavy (non-hydrogen) atoms. The lowest BCUT2D eigenvalue weighted by molar-refractivity contribution is -0.0839. The zero-order chi connectivity index (χ0) is 19.9. The van der Waals surface area contributed by atoms with Gasteiger partial charge in [0.1, 0.15) is 0 Å². The van der Waals surface area contributed by atoms with Crippen molar-refractivity contribution in [1.29, 1.82) is 0 Å². The summed E-state index contributed by atoms with van der Waals surface area (Å²) in [5.74, 6) is 2.43. The predicted octanol–water partition coefficient (Wildman–Crippen LogP) is 5.49. The van der Waals surface area contributed by atoms with Gasteiger partial charge in [0.15, 0.2) is 0 Å². The highest BCUT2D eigenvalue weighted by molar-refractivity contribution is 5.45. The summed E-state index contributed by atoms with van der Waals surface area (Å²) in [6, 6.07) is 8.87. The summed E-state index contributed by atoms with van der Waals surface area (Å²) in [7, 11) is 4.17. The molecule has 1 aromatic carbocycles. The molecule has 1 saturated heterocycles. The van der Waals surface area contributed by atoms with Gasteiger partial charge < -0.3 is 15.0 Å². The maximum atomic E-state index is 5.96. The molecular formula is C24H42N2O. The topological polar surface area (TPSA) is 24.5 Å². The maximum Gasteiger partial charge on any atom is 0.0629 e. The minimum atomic E-state index is 0.0562. The number of hydrogen-bond donors (Lipinski definition) is 1. The number of nitrogens with one attached hydrogen (secondary N) is 1. The third kappa shape index (κ3) is 7.83. The van der Waals surface area contributed by atoms with Crippen molar-refractivity contribution in [2.45, 2.75) is 71.9 Å². The lowest BCUT2D eigenvalue weighted by Crippen LogP contribution is -2.37. The monoisotopic (exact) mass is 374 g/mol. The van der Waals surface area contributed by atoms with Crippen molar-refractivity contribution in [3.05, 3.63) is 29.8 Å². The van der Waals surface area contributed by atoms with E-state index in [0.29, 0.717) is 0 Å². The van der Waals surface area contributed by atoms with Gasteiger partial charge in [-0.2, -0.15) is 0 Å². The Hall–Kier alpha value is -1.06. The molecule has 1 N–H and O–H groups in total. The van der Waals surface area contributed by atoms with Crippen LogP contribution in [0, 0.1) is 17.8 Å². The molecule has 0 radical (unpaired) electrons. The van der Waals surface area contributed by atoms with E-state index in [-0.39, 0.29) is 5.60 Å². The number of anilines is 1. The highest BCUT2D eigenvalue weighted by Gasteiger charge is 2.33. The SMILES string of the molecule is CC(C)CC[C@@H](CCNCc1ccc(N(C)C)cc1)[C@@H]1CCOC(C)(C)C1. The van der Waals surface area contributed by atoms with E-state index in [2.05, 4.69) is 76.3 Å². The fraction of sp³-hybridized carbons (Fsp3) is 0.750. The van der Waals surface area contributed by atoms with Crippen LogP contribution >= 0.6 is 0 Å². The van der Waals surface area contributed by atoms with E-state index >= 15 is 0 Å². The van der Waals surface area contributed by atoms with Crippen molar-refractivity contribution >= 4 is 5.69 Å². The molecule has 0 amide bonds. The molecule has 2 atom stereocenters. The van der Waals surface area contributed by atoms with Gasteiger partial charge in [0, 0.05) is 32.9 Å². The van der Waals surface area contributed by atoms with Crippen LogP contribution in [0.1, 0.15) is 65.4 Å². The van der Waals surface area contributed by atoms with Crippen molar-refractivity contribution < 1.29 is 4.74 Å². The summed E-state index contributed by atoms with van der Waals surface area (Å²) >= 11 is 0. The zero-order valence-corrected chi connectivity index (χ0v) is 18.6. The Labute approximate surface area is 167 Å². The van der Waals surface area contributed by atoms with Crippen LogP contribution in [0.4, 0.5) is 5.69 Å². The predicted molar refractivity (Wildman–Crippen MR) is 117 cm³/mol. The third-order valence-electron chi connectivity index (χ3n) is 5.99. The minimum Gasteiger partial charge on any atom is -0.378 e. The van der Waals surface area contributed by atoms with Crippen LogP contribution in [0.5, 0.6) is 0 Å². The molecule has 154 valence electrons. The molecule has 1 fully saturated rings. The summed E-state index contributed by atoms with van der Waals surface area (Å²) in [5.41, 5.74) is 2.68. The Bertz CT molecular complexity index is 536. The molecule has 0 saturated carbocycles. The Balaban J connectivity index is 1.82. The van der Waals surface area contributed by atoms with E-state index in [9.17, 15) is 0 Å². The van der Waals surface area contributed by atoms with Crippen LogP contribution in [0.3, 0.4) is 0 Å². The van der Waals surface area contributed by atoms with E-state index in [4.69, 9.17) is 4.74 Å². The normalized spacial score (nSPS) is 20.6. The molecule has 0 aromatic heterocycles. The second-order valence-electron chi connectivity index (χ2n) is 9.62. The highest BCUT2D eigenvalue weighted by atomic mass is 16.5. The van der Waals surface area contributed by atoms with Crippen LogP contribution in [-0.2, 0) is 11.3 Å². The van der Waals surface area contributed by atoms with Gasteiger partial charge in [0.2, 0.25) is 0 Å². The van der Waals surface area contributed by atoms with Gasteiger partial charge in [0.05, 0.1) is 5.60 Å². The van der Waals surface area contributed by atoms with E-state index < -0.39 is 0 Å². The standard InChI is InChI=1S/C24H42N2O/c1-19(2)7-10-21(22-14-16-27-24(3,4)17-22)13-15-25-18-20-8-11-23(12-9-20)26(5)6/h8-9,11-12,19,21-22,25H,7,10,13-18H2,1-6H3/t21-,22+/m0/s1. The summed E-state index contributed by atoms with van der Waals surface area (Å²) in [5, 5.41) is 3.68. The molecule has 3 heteroatoms. The fourth-order valence-corrected chi connectivity index (χ4v) is 4.28. The molecule has 0 bridgehead atoms. The van der Waals surface area contributed by atoms with Gasteiger partial charge in [-0.05, 0) is 81.5 Å². The van der Waals surface area contributed by atoms with Crippen LogP contribution in [0.2, 0.25) is 0 Å². The third-order valence-corrected chi connectivity index (χ3v) is 5.99. The molecule has 0 unspecified atom stereocenters. The zero-order valence-electron chi connectivity index (χ0n) is 18.6. The molecule has 1 aliphatic heterocycles. The summed E-state index contributed by atoms with van der Waals surface area (Å²) in [6.07, 6.45) is 6.43. The summed E-state index contributed by atoms with van der Waals surface area (Å²) in [4.78, 5) is 2.14. The molecule has 1 aliphatic rings. The van der Waals surface area contributed by atoms with Gasteiger partial charge in [-0.1, -0.05) is 32.4 Å². The van der Waals surface area contributed by atoms with Crippen molar-refractivity contribution in [2.24, 2.45) is 17.8 Å². The van der Waals surface area contributed by atoms with Crippen LogP contribution in [-0.4, -0.2) is 32.8 Å². The Morgan fingerprint density at radius 3 is 2.41 bits per heavy atom. The number of benzene rings is 1. The first kappa shape index (κ1) is 22.2. The first-order valence-corrected chi connectivity index (χ1v) is 10.9. The minimum absolute atomic E-state index is 0.0562. The van der Waals surface area contributed by atoms with Gasteiger partial charge in [0.25, 0.3) is 0 Å². The molecule has 0 aliphatic carbocycles. The first-order valence-electron chi connectivity index (χ1n) is 10.9. The average molecular weight is 375 g/mol. The largest absolute Gasteiger partial charge is 0.378 e. The Morgan fingerprint density at radius 1 is 1.11 bits per heavy atom. The molecule has 3 nitrogen and oxygen atoms in total. The number of ether oxygens (including phenoxy) is 1. The molecule has 0 spiro atoms. The van der Waals surface area contributed by atoms with Crippen LogP contribution in [0.15, 0.2) is 24.3 Å². The average Bonchev–Trinajstić information content (AvgIpc) is 2.60. The second kappa shape index (κ2) is 10.5. The quantitative estimate of drug-likeness (QED) is 0.548. The van der Waals surface area contributed by atoms with Gasteiger partial charge >= 0.3 is 0 Å². The second-order valence-corrected chi connectivity index (χ2v) is 9.62. The first-order chi connectivity index (χ1) is 12.8. The van der Waals surface area contributed by atoms with Crippen molar-refractivity contribution in [2.75, 3.05) is 32.1 Å². The highest BCUT2D eigenvalue weighted by Crippen LogP contribution is 2.37. The lowest BCUT2D eigenvalue weighted by Gasteiger charge is -2.39. The van der Waals surface area contributed by atoms with E-state index in [0.717, 1.165) is 37.5 Å². The number of nitrogens with zero attached hydrogens (tertiary/aromatic N) is 1. The maximum absolute atomic E-state index is 5.96. The van der Waals surface area contributed by atoms with Crippen LogP contribution < -0.4 is 10.2 Å². The van der Waals surface area contributed by atoms with E-state index in [1.807, 2.05) is 0 Å². The smallest absolute Gasteiger partial charge is 0.0629 e.